The molecular formula is C24H17N3O3. The number of Topliss-reactive ketones (excluding diaryl/α,β-unsaturated/α-hetero) is 1. The van der Waals surface area contributed by atoms with E-state index in [1.807, 2.05) is 30.3 Å². The first-order chi connectivity index (χ1) is 14.7. The van der Waals surface area contributed by atoms with Crippen molar-refractivity contribution in [1.82, 2.24) is 0 Å². The van der Waals surface area contributed by atoms with Crippen LogP contribution in [0.25, 0.3) is 0 Å². The van der Waals surface area contributed by atoms with Crippen molar-refractivity contribution in [2.75, 3.05) is 9.91 Å². The molecule has 0 spiro atoms. The van der Waals surface area contributed by atoms with E-state index < -0.39 is 17.9 Å². The van der Waals surface area contributed by atoms with Crippen LogP contribution in [0, 0.1) is 5.92 Å². The van der Waals surface area contributed by atoms with Crippen LogP contribution in [0.2, 0.25) is 0 Å². The second kappa shape index (κ2) is 7.08. The summed E-state index contributed by atoms with van der Waals surface area (Å²) in [6, 6.07) is 25.7. The van der Waals surface area contributed by atoms with Gasteiger partial charge in [-0.05, 0) is 24.3 Å². The Morgan fingerprint density at radius 1 is 0.700 bits per heavy atom. The molecule has 146 valence electrons. The summed E-state index contributed by atoms with van der Waals surface area (Å²) < 4.78 is 0. The van der Waals surface area contributed by atoms with Crippen molar-refractivity contribution in [3.8, 4) is 0 Å². The van der Waals surface area contributed by atoms with Crippen molar-refractivity contribution in [3.05, 3.63) is 96.6 Å². The highest BCUT2D eigenvalue weighted by atomic mass is 16.2. The summed E-state index contributed by atoms with van der Waals surface area (Å²) in [5.41, 5.74) is 1.66. The number of rotatable bonds is 4. The van der Waals surface area contributed by atoms with Crippen LogP contribution in [0.15, 0.2) is 96.1 Å². The number of nitrogens with zero attached hydrogens (tertiary/aromatic N) is 3. The lowest BCUT2D eigenvalue weighted by molar-refractivity contribution is -0.121. The van der Waals surface area contributed by atoms with Gasteiger partial charge >= 0.3 is 0 Å². The monoisotopic (exact) mass is 395 g/mol. The Morgan fingerprint density at radius 3 is 1.83 bits per heavy atom. The topological polar surface area (TPSA) is 70.1 Å². The molecule has 30 heavy (non-hydrogen) atoms. The van der Waals surface area contributed by atoms with Crippen molar-refractivity contribution < 1.29 is 14.4 Å². The fourth-order valence-corrected chi connectivity index (χ4v) is 3.97. The molecule has 2 amide bonds. The molecule has 2 heterocycles. The maximum atomic E-state index is 13.4. The fourth-order valence-electron chi connectivity index (χ4n) is 3.97. The lowest BCUT2D eigenvalue weighted by Gasteiger charge is -2.22. The number of imide groups is 1. The molecule has 6 nitrogen and oxygen atoms in total. The average molecular weight is 395 g/mol. The molecule has 0 aliphatic carbocycles. The zero-order valence-electron chi connectivity index (χ0n) is 15.9. The van der Waals surface area contributed by atoms with Crippen LogP contribution in [0.4, 0.5) is 11.4 Å². The molecule has 1 saturated heterocycles. The molecule has 2 atom stereocenters. The van der Waals surface area contributed by atoms with Crippen molar-refractivity contribution in [2.24, 2.45) is 11.0 Å². The van der Waals surface area contributed by atoms with Gasteiger partial charge in [-0.3, -0.25) is 19.4 Å². The predicted molar refractivity (Wildman–Crippen MR) is 113 cm³/mol. The van der Waals surface area contributed by atoms with Crippen molar-refractivity contribution in [1.29, 1.82) is 0 Å². The van der Waals surface area contributed by atoms with E-state index >= 15 is 0 Å². The number of anilines is 2. The number of carbonyl (C=O) groups excluding carboxylic acids is 3. The van der Waals surface area contributed by atoms with E-state index in [4.69, 9.17) is 0 Å². The third-order valence-electron chi connectivity index (χ3n) is 5.35. The molecule has 5 rings (SSSR count). The minimum Gasteiger partial charge on any atom is -0.287 e. The van der Waals surface area contributed by atoms with Crippen molar-refractivity contribution in [2.45, 2.75) is 6.04 Å². The number of para-hydroxylation sites is 2. The molecule has 3 aromatic carbocycles. The largest absolute Gasteiger partial charge is 0.287 e. The minimum absolute atomic E-state index is 0.0897. The molecule has 2 aliphatic heterocycles. The van der Waals surface area contributed by atoms with Gasteiger partial charge in [-0.25, -0.2) is 4.90 Å². The summed E-state index contributed by atoms with van der Waals surface area (Å²) in [6.07, 6.45) is 0. The Morgan fingerprint density at radius 2 is 1.23 bits per heavy atom. The number of carbonyl (C=O) groups is 3. The molecular weight excluding hydrogens is 378 g/mol. The Hall–Kier alpha value is -4.06. The standard InChI is InChI=1S/C24H17N3O3/c28-22(16-10-4-1-5-11-16)20-19-21(27(25-20)18-14-8-3-9-15-18)24(30)26(23(19)29)17-12-6-2-7-13-17/h1-15,19,21H/t19-,21+/m1/s1. The van der Waals surface area contributed by atoms with Gasteiger partial charge in [0.2, 0.25) is 11.7 Å². The van der Waals surface area contributed by atoms with E-state index in [0.717, 1.165) is 4.90 Å². The molecule has 1 fully saturated rings. The molecule has 0 saturated carbocycles. The highest BCUT2D eigenvalue weighted by Crippen LogP contribution is 2.38. The van der Waals surface area contributed by atoms with Gasteiger partial charge in [0.25, 0.3) is 5.91 Å². The molecule has 0 unspecified atom stereocenters. The molecule has 0 radical (unpaired) electrons. The number of hydrazone groups is 1. The average Bonchev–Trinajstić information content (AvgIpc) is 3.32. The van der Waals surface area contributed by atoms with Crippen LogP contribution in [-0.4, -0.2) is 29.4 Å². The molecule has 2 aliphatic rings. The van der Waals surface area contributed by atoms with E-state index in [2.05, 4.69) is 5.10 Å². The van der Waals surface area contributed by atoms with Gasteiger partial charge in [0.05, 0.1) is 11.4 Å². The van der Waals surface area contributed by atoms with Crippen LogP contribution in [0.1, 0.15) is 10.4 Å². The lowest BCUT2D eigenvalue weighted by atomic mass is 9.92. The molecule has 0 aromatic heterocycles. The van der Waals surface area contributed by atoms with Crippen LogP contribution >= 0.6 is 0 Å². The van der Waals surface area contributed by atoms with E-state index in [9.17, 15) is 14.4 Å². The van der Waals surface area contributed by atoms with Gasteiger partial charge in [0, 0.05) is 5.56 Å². The van der Waals surface area contributed by atoms with Gasteiger partial charge in [0.15, 0.2) is 0 Å². The molecule has 6 heteroatoms. The smallest absolute Gasteiger partial charge is 0.259 e. The number of benzene rings is 3. The summed E-state index contributed by atoms with van der Waals surface area (Å²) >= 11 is 0. The maximum Gasteiger partial charge on any atom is 0.259 e. The van der Waals surface area contributed by atoms with Crippen LogP contribution in [0.3, 0.4) is 0 Å². The Labute approximate surface area is 173 Å². The first kappa shape index (κ1) is 18.0. The van der Waals surface area contributed by atoms with Gasteiger partial charge in [0.1, 0.15) is 17.7 Å². The van der Waals surface area contributed by atoms with Crippen molar-refractivity contribution >= 4 is 34.7 Å². The minimum atomic E-state index is -0.953. The summed E-state index contributed by atoms with van der Waals surface area (Å²) in [5, 5.41) is 5.98. The third kappa shape index (κ3) is 2.73. The highest BCUT2D eigenvalue weighted by molar-refractivity contribution is 6.53. The van der Waals surface area contributed by atoms with Gasteiger partial charge < -0.3 is 0 Å². The quantitative estimate of drug-likeness (QED) is 0.502. The molecule has 3 aromatic rings. The van der Waals surface area contributed by atoms with Crippen molar-refractivity contribution in [3.63, 3.8) is 0 Å². The number of hydrogen-bond donors (Lipinski definition) is 0. The van der Waals surface area contributed by atoms with E-state index in [-0.39, 0.29) is 17.4 Å². The van der Waals surface area contributed by atoms with Gasteiger partial charge in [-0.15, -0.1) is 0 Å². The first-order valence-corrected chi connectivity index (χ1v) is 9.62. The summed E-state index contributed by atoms with van der Waals surface area (Å²) in [6.45, 7) is 0. The Bertz CT molecular complexity index is 1160. The van der Waals surface area contributed by atoms with Crippen LogP contribution < -0.4 is 9.91 Å². The van der Waals surface area contributed by atoms with E-state index in [1.165, 1.54) is 5.01 Å². The number of hydrogen-bond acceptors (Lipinski definition) is 5. The maximum absolute atomic E-state index is 13.4. The van der Waals surface area contributed by atoms with Crippen LogP contribution in [0.5, 0.6) is 0 Å². The second-order valence-electron chi connectivity index (χ2n) is 7.13. The summed E-state index contributed by atoms with van der Waals surface area (Å²) in [5.74, 6) is -2.12. The van der Waals surface area contributed by atoms with Crippen LogP contribution in [-0.2, 0) is 9.59 Å². The second-order valence-corrected chi connectivity index (χ2v) is 7.13. The van der Waals surface area contributed by atoms with Gasteiger partial charge in [-0.2, -0.15) is 5.10 Å². The summed E-state index contributed by atoms with van der Waals surface area (Å²) in [4.78, 5) is 41.1. The lowest BCUT2D eigenvalue weighted by Crippen LogP contribution is -2.39. The zero-order chi connectivity index (χ0) is 20.7. The molecule has 0 bridgehead atoms. The predicted octanol–water partition coefficient (Wildman–Crippen LogP) is 3.30. The fraction of sp³-hybridized carbons (Fsp3) is 0.0833. The SMILES string of the molecule is O=C(C1=NN(c2ccccc2)[C@@H]2C(=O)N(c3ccccc3)C(=O)[C@H]12)c1ccccc1. The Balaban J connectivity index is 1.62. The van der Waals surface area contributed by atoms with Gasteiger partial charge in [-0.1, -0.05) is 66.7 Å². The third-order valence-corrected chi connectivity index (χ3v) is 5.35. The number of fused-ring (bicyclic) bond motifs is 1. The highest BCUT2D eigenvalue weighted by Gasteiger charge is 2.58. The van der Waals surface area contributed by atoms with E-state index in [1.54, 1.807) is 60.7 Å². The normalized spacial score (nSPS) is 20.3. The number of ketones is 1. The van der Waals surface area contributed by atoms with E-state index in [0.29, 0.717) is 16.9 Å². The first-order valence-electron chi connectivity index (χ1n) is 9.62. The zero-order valence-corrected chi connectivity index (χ0v) is 15.9. The number of amides is 2. The summed E-state index contributed by atoms with van der Waals surface area (Å²) in [7, 11) is 0. The Kier molecular flexibility index (Phi) is 4.25. The molecule has 0 N–H and O–H groups in total.